The van der Waals surface area contributed by atoms with Crippen LogP contribution in [0.3, 0.4) is 0 Å². The molecular formula is C9H14N2O2S2. The van der Waals surface area contributed by atoms with Crippen LogP contribution >= 0.6 is 11.3 Å². The van der Waals surface area contributed by atoms with Gasteiger partial charge in [0, 0.05) is 17.7 Å². The van der Waals surface area contributed by atoms with Crippen molar-refractivity contribution in [2.45, 2.75) is 18.8 Å². The second-order valence-electron chi connectivity index (χ2n) is 3.80. The topological polar surface area (TPSA) is 73.0 Å². The molecule has 6 heteroatoms. The van der Waals surface area contributed by atoms with Crippen LogP contribution in [0, 0.1) is 0 Å². The Morgan fingerprint density at radius 1 is 1.60 bits per heavy atom. The lowest BCUT2D eigenvalue weighted by Gasteiger charge is -2.01. The predicted octanol–water partition coefficient (Wildman–Crippen LogP) is 0.546. The molecule has 1 aliphatic heterocycles. The lowest BCUT2D eigenvalue weighted by Crippen LogP contribution is -2.05. The summed E-state index contributed by atoms with van der Waals surface area (Å²) in [6, 6.07) is 0. The van der Waals surface area contributed by atoms with E-state index in [1.54, 1.807) is 11.3 Å². The van der Waals surface area contributed by atoms with Crippen molar-refractivity contribution in [2.75, 3.05) is 18.1 Å². The van der Waals surface area contributed by atoms with E-state index in [4.69, 9.17) is 5.73 Å². The number of nitrogens with zero attached hydrogens (tertiary/aromatic N) is 1. The van der Waals surface area contributed by atoms with Gasteiger partial charge in [0.2, 0.25) is 0 Å². The van der Waals surface area contributed by atoms with Crippen LogP contribution in [-0.4, -0.2) is 31.5 Å². The van der Waals surface area contributed by atoms with Crippen molar-refractivity contribution >= 4 is 21.2 Å². The molecule has 1 aliphatic rings. The minimum absolute atomic E-state index is 0.109. The fraction of sp³-hybridized carbons (Fsp3) is 0.667. The molecule has 0 aliphatic carbocycles. The molecule has 0 radical (unpaired) electrons. The Labute approximate surface area is 93.4 Å². The molecule has 0 spiro atoms. The molecule has 0 saturated carbocycles. The van der Waals surface area contributed by atoms with E-state index in [-0.39, 0.29) is 11.7 Å². The molecule has 4 nitrogen and oxygen atoms in total. The van der Waals surface area contributed by atoms with Crippen molar-refractivity contribution in [2.24, 2.45) is 5.73 Å². The summed E-state index contributed by atoms with van der Waals surface area (Å²) in [5.41, 5.74) is 6.37. The number of hydrogen-bond acceptors (Lipinski definition) is 5. The predicted molar refractivity (Wildman–Crippen MR) is 60.9 cm³/mol. The van der Waals surface area contributed by atoms with Crippen molar-refractivity contribution in [3.63, 3.8) is 0 Å². The summed E-state index contributed by atoms with van der Waals surface area (Å²) in [5, 5.41) is 2.98. The Bertz CT molecular complexity index is 439. The third-order valence-corrected chi connectivity index (χ3v) is 5.27. The number of aromatic nitrogens is 1. The van der Waals surface area contributed by atoms with Crippen LogP contribution in [-0.2, 0) is 16.3 Å². The molecule has 2 N–H and O–H groups in total. The summed E-state index contributed by atoms with van der Waals surface area (Å²) < 4.78 is 22.6. The van der Waals surface area contributed by atoms with E-state index >= 15 is 0 Å². The van der Waals surface area contributed by atoms with Crippen LogP contribution in [0.15, 0.2) is 5.38 Å². The lowest BCUT2D eigenvalue weighted by molar-refractivity contribution is 0.601. The smallest absolute Gasteiger partial charge is 0.151 e. The average molecular weight is 246 g/mol. The molecule has 1 unspecified atom stereocenters. The molecule has 1 aromatic heterocycles. The maximum atomic E-state index is 11.3. The van der Waals surface area contributed by atoms with Gasteiger partial charge in [-0.15, -0.1) is 11.3 Å². The highest BCUT2D eigenvalue weighted by molar-refractivity contribution is 7.91. The van der Waals surface area contributed by atoms with Gasteiger partial charge in [0.25, 0.3) is 0 Å². The summed E-state index contributed by atoms with van der Waals surface area (Å²) in [5.74, 6) is 0.679. The van der Waals surface area contributed by atoms with E-state index in [1.165, 1.54) is 0 Å². The number of hydrogen-bond donors (Lipinski definition) is 1. The van der Waals surface area contributed by atoms with E-state index in [2.05, 4.69) is 4.98 Å². The minimum atomic E-state index is -2.81. The first-order valence-electron chi connectivity index (χ1n) is 4.95. The SMILES string of the molecule is NCCc1nc(C2CCS(=O)(=O)C2)cs1. The van der Waals surface area contributed by atoms with E-state index in [0.717, 1.165) is 17.1 Å². The summed E-state index contributed by atoms with van der Waals surface area (Å²) in [6.45, 7) is 0.593. The van der Waals surface area contributed by atoms with Crippen molar-refractivity contribution in [1.29, 1.82) is 0 Å². The fourth-order valence-corrected chi connectivity index (χ4v) is 4.44. The van der Waals surface area contributed by atoms with Gasteiger partial charge in [-0.25, -0.2) is 13.4 Å². The van der Waals surface area contributed by atoms with Crippen molar-refractivity contribution < 1.29 is 8.42 Å². The molecule has 1 atom stereocenters. The maximum Gasteiger partial charge on any atom is 0.151 e. The van der Waals surface area contributed by atoms with Gasteiger partial charge < -0.3 is 5.73 Å². The zero-order chi connectivity index (χ0) is 10.9. The van der Waals surface area contributed by atoms with Crippen LogP contribution in [0.4, 0.5) is 0 Å². The third-order valence-electron chi connectivity index (χ3n) is 2.58. The second kappa shape index (κ2) is 4.19. The van der Waals surface area contributed by atoms with Crippen LogP contribution in [0.5, 0.6) is 0 Å². The molecule has 15 heavy (non-hydrogen) atoms. The summed E-state index contributed by atoms with van der Waals surface area (Å²) >= 11 is 1.58. The Morgan fingerprint density at radius 3 is 3.00 bits per heavy atom. The first kappa shape index (κ1) is 11.0. The Balaban J connectivity index is 2.10. The van der Waals surface area contributed by atoms with Gasteiger partial charge in [0.1, 0.15) is 0 Å². The molecular weight excluding hydrogens is 232 g/mol. The molecule has 2 rings (SSSR count). The normalized spacial score (nSPS) is 24.5. The highest BCUT2D eigenvalue weighted by atomic mass is 32.2. The minimum Gasteiger partial charge on any atom is -0.330 e. The molecule has 1 saturated heterocycles. The van der Waals surface area contributed by atoms with Crippen LogP contribution in [0.25, 0.3) is 0 Å². The van der Waals surface area contributed by atoms with E-state index in [0.29, 0.717) is 18.7 Å². The maximum absolute atomic E-state index is 11.3. The fourth-order valence-electron chi connectivity index (χ4n) is 1.78. The number of thiazole rings is 1. The molecule has 1 aromatic rings. The van der Waals surface area contributed by atoms with Crippen molar-refractivity contribution in [3.8, 4) is 0 Å². The zero-order valence-corrected chi connectivity index (χ0v) is 9.98. The quantitative estimate of drug-likeness (QED) is 0.845. The largest absolute Gasteiger partial charge is 0.330 e. The van der Waals surface area contributed by atoms with Crippen molar-refractivity contribution in [3.05, 3.63) is 16.1 Å². The molecule has 0 bridgehead atoms. The van der Waals surface area contributed by atoms with Gasteiger partial charge in [0.05, 0.1) is 22.2 Å². The molecule has 1 fully saturated rings. The van der Waals surface area contributed by atoms with Gasteiger partial charge in [-0.05, 0) is 13.0 Å². The van der Waals surface area contributed by atoms with E-state index in [9.17, 15) is 8.42 Å². The van der Waals surface area contributed by atoms with Gasteiger partial charge in [0.15, 0.2) is 9.84 Å². The van der Waals surface area contributed by atoms with Gasteiger partial charge in [-0.1, -0.05) is 0 Å². The molecule has 84 valence electrons. The van der Waals surface area contributed by atoms with Crippen LogP contribution < -0.4 is 5.73 Å². The third kappa shape index (κ3) is 2.56. The summed E-state index contributed by atoms with van der Waals surface area (Å²) in [6.07, 6.45) is 1.50. The average Bonchev–Trinajstić information content (AvgIpc) is 2.73. The van der Waals surface area contributed by atoms with Crippen molar-refractivity contribution in [1.82, 2.24) is 4.98 Å². The zero-order valence-electron chi connectivity index (χ0n) is 8.35. The molecule has 2 heterocycles. The Kier molecular flexibility index (Phi) is 3.08. The number of nitrogens with two attached hydrogens (primary N) is 1. The standard InChI is InChI=1S/C9H14N2O2S2/c10-3-1-9-11-8(5-14-9)7-2-4-15(12,13)6-7/h5,7H,1-4,6,10H2. The summed E-state index contributed by atoms with van der Waals surface area (Å²) in [4.78, 5) is 4.42. The van der Waals surface area contributed by atoms with Gasteiger partial charge in [-0.3, -0.25) is 0 Å². The monoisotopic (exact) mass is 246 g/mol. The molecule has 0 amide bonds. The van der Waals surface area contributed by atoms with E-state index in [1.807, 2.05) is 5.38 Å². The van der Waals surface area contributed by atoms with Crippen LogP contribution in [0.1, 0.15) is 23.0 Å². The van der Waals surface area contributed by atoms with E-state index < -0.39 is 9.84 Å². The second-order valence-corrected chi connectivity index (χ2v) is 6.98. The lowest BCUT2D eigenvalue weighted by atomic mass is 10.1. The first-order chi connectivity index (χ1) is 7.11. The van der Waals surface area contributed by atoms with Gasteiger partial charge in [-0.2, -0.15) is 0 Å². The van der Waals surface area contributed by atoms with Crippen LogP contribution in [0.2, 0.25) is 0 Å². The van der Waals surface area contributed by atoms with Gasteiger partial charge >= 0.3 is 0 Å². The molecule has 0 aromatic carbocycles. The number of sulfone groups is 1. The number of rotatable bonds is 3. The first-order valence-corrected chi connectivity index (χ1v) is 7.65. The summed E-state index contributed by atoms with van der Waals surface area (Å²) in [7, 11) is -2.81. The highest BCUT2D eigenvalue weighted by Crippen LogP contribution is 2.29. The Morgan fingerprint density at radius 2 is 2.40 bits per heavy atom. The highest BCUT2D eigenvalue weighted by Gasteiger charge is 2.30. The Hall–Kier alpha value is -0.460.